The van der Waals surface area contributed by atoms with E-state index in [1.165, 1.54) is 12.1 Å². The van der Waals surface area contributed by atoms with Crippen LogP contribution < -0.4 is 5.32 Å². The molecule has 1 atom stereocenters. The summed E-state index contributed by atoms with van der Waals surface area (Å²) in [5.41, 5.74) is 0.172. The second-order valence-electron chi connectivity index (χ2n) is 4.39. The molecule has 1 aromatic heterocycles. The third-order valence-corrected chi connectivity index (χ3v) is 2.90. The number of rotatable bonds is 8. The Bertz CT molecular complexity index is 424. The van der Waals surface area contributed by atoms with Gasteiger partial charge in [-0.3, -0.25) is 4.79 Å². The summed E-state index contributed by atoms with van der Waals surface area (Å²) >= 11 is 0. The van der Waals surface area contributed by atoms with Crippen molar-refractivity contribution in [2.45, 2.75) is 26.2 Å². The minimum absolute atomic E-state index is 0.0918. The minimum atomic E-state index is -0.581. The predicted molar refractivity (Wildman–Crippen MR) is 69.9 cm³/mol. The molecule has 0 saturated carbocycles. The van der Waals surface area contributed by atoms with Gasteiger partial charge in [0, 0.05) is 19.2 Å². The Morgan fingerprint density at radius 1 is 1.53 bits per heavy atom. The smallest absolute Gasteiger partial charge is 0.321 e. The van der Waals surface area contributed by atoms with Gasteiger partial charge in [-0.15, -0.1) is 0 Å². The van der Waals surface area contributed by atoms with E-state index in [9.17, 15) is 14.9 Å². The van der Waals surface area contributed by atoms with Crippen molar-refractivity contribution in [2.24, 2.45) is 5.92 Å². The van der Waals surface area contributed by atoms with Crippen molar-refractivity contribution in [3.63, 3.8) is 0 Å². The number of hydrogen-bond donors (Lipinski definition) is 3. The van der Waals surface area contributed by atoms with Gasteiger partial charge in [0.25, 0.3) is 5.91 Å². The third-order valence-electron chi connectivity index (χ3n) is 2.90. The molecular weight excluding hydrogens is 250 g/mol. The van der Waals surface area contributed by atoms with E-state index in [0.717, 1.165) is 12.8 Å². The van der Waals surface area contributed by atoms with Gasteiger partial charge in [0.2, 0.25) is 0 Å². The lowest BCUT2D eigenvalue weighted by Crippen LogP contribution is -2.30. The van der Waals surface area contributed by atoms with Crippen LogP contribution in [0.15, 0.2) is 12.1 Å². The predicted octanol–water partition coefficient (Wildman–Crippen LogP) is 1.45. The number of carbonyl (C=O) groups excluding carboxylic acids is 1. The molecule has 0 aliphatic rings. The SMILES string of the molecule is CCCC(CCO)CNC(=O)c1ccc([N+](=O)[O-])[nH]1. The number of nitrogens with zero attached hydrogens (tertiary/aromatic N) is 1. The lowest BCUT2D eigenvalue weighted by molar-refractivity contribution is -0.389. The summed E-state index contributed by atoms with van der Waals surface area (Å²) in [6.45, 7) is 2.59. The van der Waals surface area contributed by atoms with Crippen molar-refractivity contribution in [2.75, 3.05) is 13.2 Å². The van der Waals surface area contributed by atoms with Crippen LogP contribution in [0, 0.1) is 16.0 Å². The summed E-state index contributed by atoms with van der Waals surface area (Å²) in [6.07, 6.45) is 2.54. The van der Waals surface area contributed by atoms with Crippen LogP contribution in [0.1, 0.15) is 36.7 Å². The largest absolute Gasteiger partial charge is 0.396 e. The number of nitro groups is 1. The van der Waals surface area contributed by atoms with Gasteiger partial charge in [0.05, 0.1) is 0 Å². The number of aromatic nitrogens is 1. The van der Waals surface area contributed by atoms with Crippen molar-refractivity contribution in [3.05, 3.63) is 27.9 Å². The van der Waals surface area contributed by atoms with Crippen LogP contribution in [0.25, 0.3) is 0 Å². The molecule has 0 spiro atoms. The monoisotopic (exact) mass is 269 g/mol. The molecule has 1 aromatic rings. The molecule has 0 aliphatic carbocycles. The zero-order chi connectivity index (χ0) is 14.3. The molecule has 3 N–H and O–H groups in total. The van der Waals surface area contributed by atoms with Crippen LogP contribution in [0.2, 0.25) is 0 Å². The first-order valence-corrected chi connectivity index (χ1v) is 6.31. The van der Waals surface area contributed by atoms with Crippen molar-refractivity contribution in [1.29, 1.82) is 0 Å². The second kappa shape index (κ2) is 7.52. The Hall–Kier alpha value is -1.89. The van der Waals surface area contributed by atoms with Crippen LogP contribution >= 0.6 is 0 Å². The zero-order valence-corrected chi connectivity index (χ0v) is 10.9. The molecule has 1 heterocycles. The maximum atomic E-state index is 11.8. The molecule has 1 rings (SSSR count). The van der Waals surface area contributed by atoms with E-state index in [1.807, 2.05) is 6.92 Å². The fourth-order valence-electron chi connectivity index (χ4n) is 1.89. The van der Waals surface area contributed by atoms with Crippen LogP contribution in [-0.2, 0) is 0 Å². The highest BCUT2D eigenvalue weighted by atomic mass is 16.6. The van der Waals surface area contributed by atoms with E-state index in [0.29, 0.717) is 13.0 Å². The van der Waals surface area contributed by atoms with Crippen molar-refractivity contribution in [1.82, 2.24) is 10.3 Å². The Kier molecular flexibility index (Phi) is 6.01. The van der Waals surface area contributed by atoms with Crippen molar-refractivity contribution >= 4 is 11.7 Å². The Balaban J connectivity index is 2.51. The number of hydrogen-bond acceptors (Lipinski definition) is 4. The summed E-state index contributed by atoms with van der Waals surface area (Å²) in [5.74, 6) is -0.346. The number of carbonyl (C=O) groups is 1. The Morgan fingerprint density at radius 2 is 2.26 bits per heavy atom. The zero-order valence-electron chi connectivity index (χ0n) is 10.9. The molecule has 19 heavy (non-hydrogen) atoms. The van der Waals surface area contributed by atoms with Crippen molar-refractivity contribution < 1.29 is 14.8 Å². The quantitative estimate of drug-likeness (QED) is 0.490. The standard InChI is InChI=1S/C12H19N3O4/c1-2-3-9(6-7-16)8-13-12(17)10-4-5-11(14-10)15(18)19/h4-5,9,14,16H,2-3,6-8H2,1H3,(H,13,17). The van der Waals surface area contributed by atoms with E-state index in [1.54, 1.807) is 0 Å². The highest BCUT2D eigenvalue weighted by molar-refractivity contribution is 5.92. The number of H-pyrrole nitrogens is 1. The first kappa shape index (κ1) is 15.2. The van der Waals surface area contributed by atoms with Gasteiger partial charge in [0.1, 0.15) is 0 Å². The number of amides is 1. The average Bonchev–Trinajstić information content (AvgIpc) is 2.86. The Labute approximate surface area is 111 Å². The molecule has 0 saturated heterocycles. The summed E-state index contributed by atoms with van der Waals surface area (Å²) in [5, 5.41) is 22.1. The van der Waals surface area contributed by atoms with E-state index < -0.39 is 4.92 Å². The van der Waals surface area contributed by atoms with Crippen LogP contribution in [0.3, 0.4) is 0 Å². The third kappa shape index (κ3) is 4.70. The van der Waals surface area contributed by atoms with E-state index in [4.69, 9.17) is 5.11 Å². The molecule has 0 fully saturated rings. The maximum absolute atomic E-state index is 11.8. The fourth-order valence-corrected chi connectivity index (χ4v) is 1.89. The van der Waals surface area contributed by atoms with Gasteiger partial charge in [-0.25, -0.2) is 4.98 Å². The molecule has 0 radical (unpaired) electrons. The molecule has 7 nitrogen and oxygen atoms in total. The highest BCUT2D eigenvalue weighted by Gasteiger charge is 2.16. The number of aliphatic hydroxyl groups excluding tert-OH is 1. The average molecular weight is 269 g/mol. The van der Waals surface area contributed by atoms with Crippen molar-refractivity contribution in [3.8, 4) is 0 Å². The molecule has 0 aromatic carbocycles. The number of nitrogens with one attached hydrogen (secondary N) is 2. The Morgan fingerprint density at radius 3 is 2.79 bits per heavy atom. The normalized spacial score (nSPS) is 12.1. The summed E-state index contributed by atoms with van der Waals surface area (Å²) in [6, 6.07) is 2.64. The van der Waals surface area contributed by atoms with Crippen LogP contribution in [0.4, 0.5) is 5.82 Å². The van der Waals surface area contributed by atoms with E-state index in [2.05, 4.69) is 10.3 Å². The molecule has 106 valence electrons. The van der Waals surface area contributed by atoms with Gasteiger partial charge in [0.15, 0.2) is 5.69 Å². The molecule has 0 aliphatic heterocycles. The molecule has 0 bridgehead atoms. The van der Waals surface area contributed by atoms with Crippen LogP contribution in [-0.4, -0.2) is 34.1 Å². The fraction of sp³-hybridized carbons (Fsp3) is 0.583. The van der Waals surface area contributed by atoms with Gasteiger partial charge >= 0.3 is 5.82 Å². The number of aromatic amines is 1. The topological polar surface area (TPSA) is 108 Å². The van der Waals surface area contributed by atoms with E-state index >= 15 is 0 Å². The lowest BCUT2D eigenvalue weighted by atomic mass is 10.0. The molecule has 1 amide bonds. The second-order valence-corrected chi connectivity index (χ2v) is 4.39. The van der Waals surface area contributed by atoms with Gasteiger partial charge in [-0.2, -0.15) is 0 Å². The number of aliphatic hydroxyl groups is 1. The minimum Gasteiger partial charge on any atom is -0.396 e. The van der Waals surface area contributed by atoms with E-state index in [-0.39, 0.29) is 29.9 Å². The lowest BCUT2D eigenvalue weighted by Gasteiger charge is -2.14. The van der Waals surface area contributed by atoms with Crippen LogP contribution in [0.5, 0.6) is 0 Å². The highest BCUT2D eigenvalue weighted by Crippen LogP contribution is 2.12. The summed E-state index contributed by atoms with van der Waals surface area (Å²) < 4.78 is 0. The van der Waals surface area contributed by atoms with Gasteiger partial charge < -0.3 is 20.5 Å². The molecule has 1 unspecified atom stereocenters. The molecule has 7 heteroatoms. The first-order valence-electron chi connectivity index (χ1n) is 6.31. The first-order chi connectivity index (χ1) is 9.08. The summed E-state index contributed by atoms with van der Waals surface area (Å²) in [7, 11) is 0. The van der Waals surface area contributed by atoms with Gasteiger partial charge in [-0.05, 0) is 29.7 Å². The van der Waals surface area contributed by atoms with Gasteiger partial charge in [-0.1, -0.05) is 13.3 Å². The maximum Gasteiger partial charge on any atom is 0.321 e. The molecular formula is C12H19N3O4. The summed E-state index contributed by atoms with van der Waals surface area (Å²) in [4.78, 5) is 24.1.